The lowest BCUT2D eigenvalue weighted by atomic mass is 10.1. The normalized spacial score (nSPS) is 9.95. The van der Waals surface area contributed by atoms with Gasteiger partial charge in [0.1, 0.15) is 17.8 Å². The number of methoxy groups -OCH3 is 1. The summed E-state index contributed by atoms with van der Waals surface area (Å²) < 4.78 is 10.5. The summed E-state index contributed by atoms with van der Waals surface area (Å²) in [7, 11) is 1.56. The molecule has 4 nitrogen and oxygen atoms in total. The van der Waals surface area contributed by atoms with Crippen LogP contribution in [0.2, 0.25) is 0 Å². The van der Waals surface area contributed by atoms with Crippen LogP contribution in [-0.2, 0) is 11.2 Å². The first-order chi connectivity index (χ1) is 10.2. The Labute approximate surface area is 123 Å². The molecule has 0 amide bonds. The molecule has 0 saturated carbocycles. The van der Waals surface area contributed by atoms with Crippen LogP contribution in [0.15, 0.2) is 48.5 Å². The fourth-order valence-electron chi connectivity index (χ4n) is 1.85. The minimum atomic E-state index is -0.120. The van der Waals surface area contributed by atoms with E-state index in [4.69, 9.17) is 9.47 Å². The Kier molecular flexibility index (Phi) is 5.10. The van der Waals surface area contributed by atoms with Crippen molar-refractivity contribution in [1.82, 2.24) is 0 Å². The summed E-state index contributed by atoms with van der Waals surface area (Å²) in [4.78, 5) is 22.4. The maximum absolute atomic E-state index is 12.0. The number of carbonyl (C=O) groups excluding carboxylic acids is 2. The first kappa shape index (κ1) is 14.8. The molecule has 0 saturated heterocycles. The maximum Gasteiger partial charge on any atom is 0.200 e. The fourth-order valence-corrected chi connectivity index (χ4v) is 1.85. The van der Waals surface area contributed by atoms with E-state index in [2.05, 4.69) is 0 Å². The van der Waals surface area contributed by atoms with Crippen molar-refractivity contribution in [3.05, 3.63) is 59.7 Å². The summed E-state index contributed by atoms with van der Waals surface area (Å²) in [6.45, 7) is -0.0415. The van der Waals surface area contributed by atoms with Crippen molar-refractivity contribution < 1.29 is 19.1 Å². The van der Waals surface area contributed by atoms with Crippen molar-refractivity contribution in [2.45, 2.75) is 6.42 Å². The molecular weight excluding hydrogens is 268 g/mol. The highest BCUT2D eigenvalue weighted by Gasteiger charge is 2.08. The van der Waals surface area contributed by atoms with Crippen molar-refractivity contribution in [3.8, 4) is 11.5 Å². The summed E-state index contributed by atoms with van der Waals surface area (Å²) in [6, 6.07) is 14.1. The quantitative estimate of drug-likeness (QED) is 0.579. The van der Waals surface area contributed by atoms with Gasteiger partial charge in [0, 0.05) is 12.0 Å². The zero-order chi connectivity index (χ0) is 15.1. The highest BCUT2D eigenvalue weighted by atomic mass is 16.5. The predicted octanol–water partition coefficient (Wildman–Crippen LogP) is 2.70. The second-order valence-electron chi connectivity index (χ2n) is 4.46. The van der Waals surface area contributed by atoms with E-state index in [9.17, 15) is 9.59 Å². The monoisotopic (exact) mass is 284 g/mol. The van der Waals surface area contributed by atoms with Crippen LogP contribution in [0.5, 0.6) is 11.5 Å². The van der Waals surface area contributed by atoms with Gasteiger partial charge in [-0.2, -0.15) is 0 Å². The SMILES string of the molecule is COc1cccc(C(=O)COc2ccc(CC=O)cc2)c1. The van der Waals surface area contributed by atoms with Crippen LogP contribution >= 0.6 is 0 Å². The van der Waals surface area contributed by atoms with Crippen LogP contribution in [0.25, 0.3) is 0 Å². The summed E-state index contributed by atoms with van der Waals surface area (Å²) in [5.74, 6) is 1.12. The minimum absolute atomic E-state index is 0.0415. The molecule has 0 spiro atoms. The lowest BCUT2D eigenvalue weighted by molar-refractivity contribution is -0.107. The molecule has 0 atom stereocenters. The molecule has 0 aliphatic heterocycles. The number of aldehydes is 1. The molecule has 0 N–H and O–H groups in total. The van der Waals surface area contributed by atoms with E-state index in [-0.39, 0.29) is 12.4 Å². The van der Waals surface area contributed by atoms with E-state index >= 15 is 0 Å². The summed E-state index contributed by atoms with van der Waals surface area (Å²) in [6.07, 6.45) is 1.23. The van der Waals surface area contributed by atoms with Gasteiger partial charge < -0.3 is 14.3 Å². The molecule has 0 unspecified atom stereocenters. The number of rotatable bonds is 7. The minimum Gasteiger partial charge on any atom is -0.497 e. The third-order valence-electron chi connectivity index (χ3n) is 3.00. The third kappa shape index (κ3) is 4.18. The van der Waals surface area contributed by atoms with Gasteiger partial charge in [-0.3, -0.25) is 4.79 Å². The predicted molar refractivity (Wildman–Crippen MR) is 79.0 cm³/mol. The molecule has 0 aliphatic carbocycles. The van der Waals surface area contributed by atoms with E-state index in [0.29, 0.717) is 23.5 Å². The molecule has 0 aromatic heterocycles. The number of carbonyl (C=O) groups is 2. The average molecular weight is 284 g/mol. The third-order valence-corrected chi connectivity index (χ3v) is 3.00. The van der Waals surface area contributed by atoms with Gasteiger partial charge >= 0.3 is 0 Å². The smallest absolute Gasteiger partial charge is 0.200 e. The molecule has 2 rings (SSSR count). The van der Waals surface area contributed by atoms with Crippen LogP contribution < -0.4 is 9.47 Å². The summed E-state index contributed by atoms with van der Waals surface area (Å²) in [5, 5.41) is 0. The first-order valence-corrected chi connectivity index (χ1v) is 6.55. The Bertz CT molecular complexity index is 617. The fraction of sp³-hybridized carbons (Fsp3) is 0.176. The second kappa shape index (κ2) is 7.24. The Morgan fingerprint density at radius 3 is 2.52 bits per heavy atom. The molecule has 108 valence electrons. The van der Waals surface area contributed by atoms with Crippen LogP contribution in [0, 0.1) is 0 Å². The molecule has 0 fully saturated rings. The van der Waals surface area contributed by atoms with Gasteiger partial charge in [0.2, 0.25) is 0 Å². The number of ether oxygens (including phenoxy) is 2. The highest BCUT2D eigenvalue weighted by molar-refractivity contribution is 5.97. The molecule has 0 radical (unpaired) electrons. The lowest BCUT2D eigenvalue weighted by Crippen LogP contribution is -2.11. The van der Waals surface area contributed by atoms with Crippen molar-refractivity contribution >= 4 is 12.1 Å². The Morgan fingerprint density at radius 2 is 1.86 bits per heavy atom. The zero-order valence-corrected chi connectivity index (χ0v) is 11.7. The zero-order valence-electron chi connectivity index (χ0n) is 11.7. The van der Waals surface area contributed by atoms with Gasteiger partial charge in [0.15, 0.2) is 12.4 Å². The van der Waals surface area contributed by atoms with E-state index < -0.39 is 0 Å². The van der Waals surface area contributed by atoms with Crippen molar-refractivity contribution in [1.29, 1.82) is 0 Å². The van der Waals surface area contributed by atoms with E-state index in [0.717, 1.165) is 11.8 Å². The van der Waals surface area contributed by atoms with Gasteiger partial charge in [0.05, 0.1) is 7.11 Å². The largest absolute Gasteiger partial charge is 0.497 e. The van der Waals surface area contributed by atoms with Crippen molar-refractivity contribution in [2.75, 3.05) is 13.7 Å². The van der Waals surface area contributed by atoms with Crippen LogP contribution in [0.4, 0.5) is 0 Å². The Hall–Kier alpha value is -2.62. The number of hydrogen-bond acceptors (Lipinski definition) is 4. The first-order valence-electron chi connectivity index (χ1n) is 6.55. The van der Waals surface area contributed by atoms with Gasteiger partial charge in [-0.25, -0.2) is 0 Å². The van der Waals surface area contributed by atoms with Gasteiger partial charge in [-0.1, -0.05) is 24.3 Å². The standard InChI is InChI=1S/C17H16O4/c1-20-16-4-2-3-14(11-16)17(19)12-21-15-7-5-13(6-8-15)9-10-18/h2-8,10-11H,9,12H2,1H3. The van der Waals surface area contributed by atoms with Gasteiger partial charge in [-0.05, 0) is 29.8 Å². The van der Waals surface area contributed by atoms with Gasteiger partial charge in [-0.15, -0.1) is 0 Å². The maximum atomic E-state index is 12.0. The summed E-state index contributed by atoms with van der Waals surface area (Å²) >= 11 is 0. The lowest BCUT2D eigenvalue weighted by Gasteiger charge is -2.07. The number of ketones is 1. The molecule has 0 bridgehead atoms. The molecule has 0 heterocycles. The molecule has 0 aliphatic rings. The van der Waals surface area contributed by atoms with Crippen LogP contribution in [0.1, 0.15) is 15.9 Å². The number of hydrogen-bond donors (Lipinski definition) is 0. The van der Waals surface area contributed by atoms with Crippen molar-refractivity contribution in [3.63, 3.8) is 0 Å². The molecule has 4 heteroatoms. The molecule has 2 aromatic carbocycles. The summed E-state index contributed by atoms with van der Waals surface area (Å²) in [5.41, 5.74) is 1.46. The van der Waals surface area contributed by atoms with Crippen LogP contribution in [-0.4, -0.2) is 25.8 Å². The molecule has 21 heavy (non-hydrogen) atoms. The topological polar surface area (TPSA) is 52.6 Å². The van der Waals surface area contributed by atoms with Crippen molar-refractivity contribution in [2.24, 2.45) is 0 Å². The number of benzene rings is 2. The molecular formula is C17H16O4. The van der Waals surface area contributed by atoms with E-state index in [1.807, 2.05) is 0 Å². The van der Waals surface area contributed by atoms with Gasteiger partial charge in [0.25, 0.3) is 0 Å². The van der Waals surface area contributed by atoms with E-state index in [1.165, 1.54) is 0 Å². The highest BCUT2D eigenvalue weighted by Crippen LogP contribution is 2.15. The number of Topliss-reactive ketones (excluding diaryl/α,β-unsaturated/α-hetero) is 1. The Morgan fingerprint density at radius 1 is 1.10 bits per heavy atom. The second-order valence-corrected chi connectivity index (χ2v) is 4.46. The van der Waals surface area contributed by atoms with Crippen LogP contribution in [0.3, 0.4) is 0 Å². The molecule has 2 aromatic rings. The Balaban J connectivity index is 1.95. The van der Waals surface area contributed by atoms with E-state index in [1.54, 1.807) is 55.6 Å². The average Bonchev–Trinajstić information content (AvgIpc) is 2.54.